The van der Waals surface area contributed by atoms with Gasteiger partial charge in [-0.25, -0.2) is 0 Å². The molecule has 0 saturated heterocycles. The molecular formula is C13H13NO4. The van der Waals surface area contributed by atoms with Crippen LogP contribution in [0.15, 0.2) is 36.4 Å². The second kappa shape index (κ2) is 7.01. The fourth-order valence-corrected chi connectivity index (χ4v) is 1.29. The Bertz CT molecular complexity index is 453. The van der Waals surface area contributed by atoms with Crippen molar-refractivity contribution >= 4 is 24.2 Å². The van der Waals surface area contributed by atoms with Crippen LogP contribution in [0.4, 0.5) is 0 Å². The molecule has 0 aromatic heterocycles. The normalized spacial score (nSPS) is 12.0. The van der Waals surface area contributed by atoms with E-state index in [1.807, 2.05) is 30.3 Å². The lowest BCUT2D eigenvalue weighted by atomic mass is 10.2. The van der Waals surface area contributed by atoms with Crippen LogP contribution in [-0.2, 0) is 14.4 Å². The Morgan fingerprint density at radius 2 is 1.94 bits per heavy atom. The summed E-state index contributed by atoms with van der Waals surface area (Å²) >= 11 is 0. The smallest absolute Gasteiger partial charge is 0.305 e. The van der Waals surface area contributed by atoms with E-state index in [2.05, 4.69) is 5.32 Å². The molecule has 5 heteroatoms. The first kappa shape index (κ1) is 13.6. The van der Waals surface area contributed by atoms with Crippen LogP contribution in [0.25, 0.3) is 6.08 Å². The van der Waals surface area contributed by atoms with Crippen molar-refractivity contribution in [1.82, 2.24) is 5.32 Å². The van der Waals surface area contributed by atoms with Gasteiger partial charge in [0.1, 0.15) is 6.29 Å². The molecule has 18 heavy (non-hydrogen) atoms. The molecule has 1 atom stereocenters. The van der Waals surface area contributed by atoms with E-state index in [0.717, 1.165) is 5.56 Å². The number of carboxylic acids is 1. The molecule has 0 saturated carbocycles. The summed E-state index contributed by atoms with van der Waals surface area (Å²) in [6, 6.07) is 8.14. The number of carbonyl (C=O) groups excluding carboxylic acids is 2. The highest BCUT2D eigenvalue weighted by atomic mass is 16.4. The summed E-state index contributed by atoms with van der Waals surface area (Å²) < 4.78 is 0. The molecule has 1 amide bonds. The summed E-state index contributed by atoms with van der Waals surface area (Å²) in [4.78, 5) is 32.4. The summed E-state index contributed by atoms with van der Waals surface area (Å²) in [5.41, 5.74) is 0.841. The third-order valence-electron chi connectivity index (χ3n) is 2.11. The van der Waals surface area contributed by atoms with Gasteiger partial charge in [0.05, 0.1) is 12.5 Å². The summed E-state index contributed by atoms with van der Waals surface area (Å²) in [6.07, 6.45) is 2.82. The molecule has 0 aliphatic rings. The standard InChI is InChI=1S/C13H13NO4/c15-9-11(8-13(17)18)14-12(16)7-6-10-4-2-1-3-5-10/h1-7,9,11H,8H2,(H,14,16)(H,17,18)/b7-6+. The maximum absolute atomic E-state index is 11.4. The van der Waals surface area contributed by atoms with Crippen molar-refractivity contribution < 1.29 is 19.5 Å². The average molecular weight is 247 g/mol. The molecule has 0 spiro atoms. The van der Waals surface area contributed by atoms with Crippen LogP contribution in [0.2, 0.25) is 0 Å². The summed E-state index contributed by atoms with van der Waals surface area (Å²) in [5, 5.41) is 10.8. The molecule has 0 fully saturated rings. The maximum Gasteiger partial charge on any atom is 0.305 e. The monoisotopic (exact) mass is 247 g/mol. The minimum absolute atomic E-state index is 0.405. The highest BCUT2D eigenvalue weighted by Crippen LogP contribution is 2.00. The van der Waals surface area contributed by atoms with Gasteiger partial charge in [0.25, 0.3) is 0 Å². The second-order valence-electron chi connectivity index (χ2n) is 3.59. The van der Waals surface area contributed by atoms with E-state index in [1.54, 1.807) is 6.08 Å². The Morgan fingerprint density at radius 3 is 2.50 bits per heavy atom. The Morgan fingerprint density at radius 1 is 1.28 bits per heavy atom. The molecule has 94 valence electrons. The van der Waals surface area contributed by atoms with Crippen molar-refractivity contribution in [2.24, 2.45) is 0 Å². The lowest BCUT2D eigenvalue weighted by molar-refractivity contribution is -0.138. The topological polar surface area (TPSA) is 83.5 Å². The molecule has 2 N–H and O–H groups in total. The second-order valence-corrected chi connectivity index (χ2v) is 3.59. The molecule has 1 unspecified atom stereocenters. The van der Waals surface area contributed by atoms with Crippen molar-refractivity contribution in [2.45, 2.75) is 12.5 Å². The Balaban J connectivity index is 2.53. The van der Waals surface area contributed by atoms with Crippen molar-refractivity contribution in [2.75, 3.05) is 0 Å². The van der Waals surface area contributed by atoms with Gasteiger partial charge in [-0.3, -0.25) is 9.59 Å². The predicted molar refractivity (Wildman–Crippen MR) is 65.7 cm³/mol. The van der Waals surface area contributed by atoms with E-state index < -0.39 is 24.3 Å². The summed E-state index contributed by atoms with van der Waals surface area (Å²) in [7, 11) is 0. The van der Waals surface area contributed by atoms with Gasteiger partial charge in [-0.1, -0.05) is 30.3 Å². The maximum atomic E-state index is 11.4. The molecule has 1 aromatic rings. The third-order valence-corrected chi connectivity index (χ3v) is 2.11. The fraction of sp³-hybridized carbons (Fsp3) is 0.154. The van der Waals surface area contributed by atoms with Crippen LogP contribution in [0.1, 0.15) is 12.0 Å². The van der Waals surface area contributed by atoms with E-state index in [-0.39, 0.29) is 0 Å². The first-order chi connectivity index (χ1) is 8.61. The van der Waals surface area contributed by atoms with Crippen LogP contribution in [0.5, 0.6) is 0 Å². The van der Waals surface area contributed by atoms with Crippen molar-refractivity contribution in [3.8, 4) is 0 Å². The number of aliphatic carboxylic acids is 1. The molecule has 0 aliphatic heterocycles. The number of rotatable bonds is 6. The van der Waals surface area contributed by atoms with E-state index in [0.29, 0.717) is 6.29 Å². The zero-order valence-electron chi connectivity index (χ0n) is 9.58. The zero-order valence-corrected chi connectivity index (χ0v) is 9.58. The number of aldehydes is 1. The molecule has 0 heterocycles. The predicted octanol–water partition coefficient (Wildman–Crippen LogP) is 0.858. The number of carboxylic acid groups (broad SMARTS) is 1. The van der Waals surface area contributed by atoms with Crippen molar-refractivity contribution in [3.63, 3.8) is 0 Å². The summed E-state index contributed by atoms with van der Waals surface area (Å²) in [5.74, 6) is -1.64. The highest BCUT2D eigenvalue weighted by Gasteiger charge is 2.13. The first-order valence-electron chi connectivity index (χ1n) is 5.32. The minimum atomic E-state index is -1.14. The van der Waals surface area contributed by atoms with Gasteiger partial charge in [-0.2, -0.15) is 0 Å². The Kier molecular flexibility index (Phi) is 5.31. The van der Waals surface area contributed by atoms with Crippen LogP contribution in [0, 0.1) is 0 Å². The number of benzene rings is 1. The number of amides is 1. The van der Waals surface area contributed by atoms with Crippen LogP contribution >= 0.6 is 0 Å². The van der Waals surface area contributed by atoms with Crippen LogP contribution in [0.3, 0.4) is 0 Å². The van der Waals surface area contributed by atoms with Gasteiger partial charge in [-0.05, 0) is 11.6 Å². The highest BCUT2D eigenvalue weighted by molar-refractivity contribution is 5.93. The van der Waals surface area contributed by atoms with E-state index in [9.17, 15) is 14.4 Å². The van der Waals surface area contributed by atoms with Crippen LogP contribution in [-0.4, -0.2) is 29.3 Å². The molecule has 1 aromatic carbocycles. The van der Waals surface area contributed by atoms with E-state index in [4.69, 9.17) is 5.11 Å². The van der Waals surface area contributed by atoms with Gasteiger partial charge in [0.15, 0.2) is 0 Å². The quantitative estimate of drug-likeness (QED) is 0.577. The van der Waals surface area contributed by atoms with E-state index in [1.165, 1.54) is 6.08 Å². The Labute approximate surface area is 104 Å². The fourth-order valence-electron chi connectivity index (χ4n) is 1.29. The number of carbonyl (C=O) groups is 3. The zero-order chi connectivity index (χ0) is 13.4. The average Bonchev–Trinajstić information content (AvgIpc) is 2.36. The number of hydrogen-bond acceptors (Lipinski definition) is 3. The van der Waals surface area contributed by atoms with Crippen molar-refractivity contribution in [1.29, 1.82) is 0 Å². The molecule has 0 radical (unpaired) electrons. The Hall–Kier alpha value is -2.43. The van der Waals surface area contributed by atoms with Gasteiger partial charge < -0.3 is 15.2 Å². The minimum Gasteiger partial charge on any atom is -0.481 e. The SMILES string of the molecule is O=CC(CC(=O)O)NC(=O)/C=C/c1ccccc1. The molecule has 1 rings (SSSR count). The largest absolute Gasteiger partial charge is 0.481 e. The lowest BCUT2D eigenvalue weighted by Gasteiger charge is -2.07. The van der Waals surface area contributed by atoms with Crippen LogP contribution < -0.4 is 5.32 Å². The molecule has 0 aliphatic carbocycles. The van der Waals surface area contributed by atoms with Gasteiger partial charge in [0, 0.05) is 6.08 Å². The summed E-state index contributed by atoms with van der Waals surface area (Å²) in [6.45, 7) is 0. The number of nitrogens with one attached hydrogen (secondary N) is 1. The van der Waals surface area contributed by atoms with Gasteiger partial charge in [0.2, 0.25) is 5.91 Å². The third kappa shape index (κ3) is 5.07. The molecule has 5 nitrogen and oxygen atoms in total. The van der Waals surface area contributed by atoms with Crippen molar-refractivity contribution in [3.05, 3.63) is 42.0 Å². The van der Waals surface area contributed by atoms with Gasteiger partial charge in [-0.15, -0.1) is 0 Å². The van der Waals surface area contributed by atoms with E-state index >= 15 is 0 Å². The first-order valence-corrected chi connectivity index (χ1v) is 5.32. The number of hydrogen-bond donors (Lipinski definition) is 2. The van der Waals surface area contributed by atoms with Gasteiger partial charge >= 0.3 is 5.97 Å². The lowest BCUT2D eigenvalue weighted by Crippen LogP contribution is -2.36. The molecular weight excluding hydrogens is 234 g/mol. The molecule has 0 bridgehead atoms.